The predicted octanol–water partition coefficient (Wildman–Crippen LogP) is 1.36. The molecule has 0 heterocycles. The lowest BCUT2D eigenvalue weighted by molar-refractivity contribution is -0.130. The molecule has 0 saturated heterocycles. The highest BCUT2D eigenvalue weighted by atomic mass is 16.5. The van der Waals surface area contributed by atoms with E-state index >= 15 is 0 Å². The summed E-state index contributed by atoms with van der Waals surface area (Å²) in [7, 11) is 3.31. The maximum Gasteiger partial charge on any atom is 0.259 e. The Labute approximate surface area is 94.8 Å². The third kappa shape index (κ3) is 3.08. The van der Waals surface area contributed by atoms with E-state index in [4.69, 9.17) is 4.74 Å². The molecule has 0 aliphatic heterocycles. The number of amides is 1. The van der Waals surface area contributed by atoms with Crippen LogP contribution in [-0.2, 0) is 4.79 Å². The maximum atomic E-state index is 11.3. The Morgan fingerprint density at radius 2 is 1.88 bits per heavy atom. The highest BCUT2D eigenvalue weighted by Crippen LogP contribution is 2.18. The lowest BCUT2D eigenvalue weighted by Crippen LogP contribution is -2.27. The van der Waals surface area contributed by atoms with Crippen LogP contribution in [0.1, 0.15) is 17.3 Å². The van der Waals surface area contributed by atoms with E-state index in [1.807, 2.05) is 0 Å². The Morgan fingerprint density at radius 1 is 1.25 bits per heavy atom. The number of benzene rings is 1. The molecule has 4 nitrogen and oxygen atoms in total. The summed E-state index contributed by atoms with van der Waals surface area (Å²) in [6.45, 7) is 1.41. The molecule has 16 heavy (non-hydrogen) atoms. The Balaban J connectivity index is 2.74. The summed E-state index contributed by atoms with van der Waals surface area (Å²) < 4.78 is 5.31. The lowest BCUT2D eigenvalue weighted by Gasteiger charge is -2.12. The Hall–Kier alpha value is -1.84. The van der Waals surface area contributed by atoms with Gasteiger partial charge in [-0.05, 0) is 19.1 Å². The van der Waals surface area contributed by atoms with Gasteiger partial charge >= 0.3 is 0 Å². The number of ketones is 1. The first kappa shape index (κ1) is 12.2. The van der Waals surface area contributed by atoms with Crippen LogP contribution < -0.4 is 4.74 Å². The van der Waals surface area contributed by atoms with Gasteiger partial charge in [-0.2, -0.15) is 0 Å². The van der Waals surface area contributed by atoms with Crippen molar-refractivity contribution < 1.29 is 14.3 Å². The largest absolute Gasteiger partial charge is 0.483 e. The molecule has 0 spiro atoms. The number of hydrogen-bond donors (Lipinski definition) is 0. The van der Waals surface area contributed by atoms with Crippen molar-refractivity contribution in [2.75, 3.05) is 20.7 Å². The van der Waals surface area contributed by atoms with Gasteiger partial charge in [-0.25, -0.2) is 0 Å². The van der Waals surface area contributed by atoms with Crippen molar-refractivity contribution >= 4 is 11.7 Å². The first-order chi connectivity index (χ1) is 7.52. The van der Waals surface area contributed by atoms with Gasteiger partial charge in [-0.15, -0.1) is 0 Å². The predicted molar refractivity (Wildman–Crippen MR) is 60.6 cm³/mol. The average molecular weight is 221 g/mol. The molecule has 0 atom stereocenters. The number of para-hydroxylation sites is 1. The second kappa shape index (κ2) is 5.30. The summed E-state index contributed by atoms with van der Waals surface area (Å²) in [5, 5.41) is 0. The molecular formula is C12H15NO3. The minimum atomic E-state index is -0.140. The number of nitrogens with zero attached hydrogens (tertiary/aromatic N) is 1. The number of hydrogen-bond acceptors (Lipinski definition) is 3. The number of ether oxygens (including phenoxy) is 1. The van der Waals surface area contributed by atoms with E-state index in [9.17, 15) is 9.59 Å². The molecular weight excluding hydrogens is 206 g/mol. The van der Waals surface area contributed by atoms with E-state index in [-0.39, 0.29) is 18.3 Å². The van der Waals surface area contributed by atoms with Crippen molar-refractivity contribution in [3.63, 3.8) is 0 Å². The van der Waals surface area contributed by atoms with Crippen molar-refractivity contribution in [3.8, 4) is 5.75 Å². The average Bonchev–Trinajstić information content (AvgIpc) is 2.25. The Bertz CT molecular complexity index is 399. The molecule has 4 heteroatoms. The Morgan fingerprint density at radius 3 is 2.44 bits per heavy atom. The van der Waals surface area contributed by atoms with Gasteiger partial charge in [0.05, 0.1) is 5.56 Å². The van der Waals surface area contributed by atoms with Crippen LogP contribution in [0.3, 0.4) is 0 Å². The smallest absolute Gasteiger partial charge is 0.259 e. The van der Waals surface area contributed by atoms with E-state index in [0.29, 0.717) is 11.3 Å². The van der Waals surface area contributed by atoms with Crippen LogP contribution in [0.5, 0.6) is 5.75 Å². The fraction of sp³-hybridized carbons (Fsp3) is 0.333. The molecule has 1 aromatic rings. The molecule has 0 saturated carbocycles. The molecule has 1 rings (SSSR count). The minimum absolute atomic E-state index is 0.0582. The molecule has 0 N–H and O–H groups in total. The van der Waals surface area contributed by atoms with Gasteiger partial charge in [0.2, 0.25) is 0 Å². The van der Waals surface area contributed by atoms with Crippen molar-refractivity contribution in [1.29, 1.82) is 0 Å². The van der Waals surface area contributed by atoms with E-state index in [1.165, 1.54) is 11.8 Å². The highest BCUT2D eigenvalue weighted by molar-refractivity contribution is 5.96. The molecule has 0 aliphatic carbocycles. The zero-order chi connectivity index (χ0) is 12.1. The first-order valence-electron chi connectivity index (χ1n) is 4.95. The van der Waals surface area contributed by atoms with Crippen LogP contribution in [0.2, 0.25) is 0 Å². The van der Waals surface area contributed by atoms with Gasteiger partial charge in [-0.3, -0.25) is 9.59 Å². The van der Waals surface area contributed by atoms with Crippen LogP contribution in [0.15, 0.2) is 24.3 Å². The minimum Gasteiger partial charge on any atom is -0.483 e. The zero-order valence-electron chi connectivity index (χ0n) is 9.69. The molecule has 0 fully saturated rings. The van der Waals surface area contributed by atoms with E-state index in [2.05, 4.69) is 0 Å². The summed E-state index contributed by atoms with van der Waals surface area (Å²) in [6.07, 6.45) is 0. The molecule has 86 valence electrons. The summed E-state index contributed by atoms with van der Waals surface area (Å²) in [6, 6.07) is 6.89. The van der Waals surface area contributed by atoms with E-state index in [0.717, 1.165) is 0 Å². The summed E-state index contributed by atoms with van der Waals surface area (Å²) in [5.41, 5.74) is 0.494. The van der Waals surface area contributed by atoms with E-state index in [1.54, 1.807) is 38.4 Å². The third-order valence-electron chi connectivity index (χ3n) is 2.12. The molecule has 0 bridgehead atoms. The van der Waals surface area contributed by atoms with Gasteiger partial charge < -0.3 is 9.64 Å². The SMILES string of the molecule is CC(=O)c1ccccc1OCC(=O)N(C)C. The second-order valence-corrected chi connectivity index (χ2v) is 3.63. The molecule has 0 unspecified atom stereocenters. The number of likely N-dealkylation sites (N-methyl/N-ethyl adjacent to an activating group) is 1. The summed E-state index contributed by atoms with van der Waals surface area (Å²) in [5.74, 6) is 0.233. The van der Waals surface area contributed by atoms with E-state index < -0.39 is 0 Å². The molecule has 0 radical (unpaired) electrons. The summed E-state index contributed by atoms with van der Waals surface area (Å²) >= 11 is 0. The van der Waals surface area contributed by atoms with Gasteiger partial charge in [0.25, 0.3) is 5.91 Å². The fourth-order valence-corrected chi connectivity index (χ4v) is 1.15. The number of carbonyl (C=O) groups is 2. The first-order valence-corrected chi connectivity index (χ1v) is 4.95. The maximum absolute atomic E-state index is 11.3. The quantitative estimate of drug-likeness (QED) is 0.721. The van der Waals surface area contributed by atoms with Crippen molar-refractivity contribution in [2.24, 2.45) is 0 Å². The number of carbonyl (C=O) groups excluding carboxylic acids is 2. The normalized spacial score (nSPS) is 9.69. The third-order valence-corrected chi connectivity index (χ3v) is 2.12. The van der Waals surface area contributed by atoms with Crippen LogP contribution in [0.4, 0.5) is 0 Å². The van der Waals surface area contributed by atoms with Crippen molar-refractivity contribution in [2.45, 2.75) is 6.92 Å². The summed E-state index contributed by atoms with van der Waals surface area (Å²) in [4.78, 5) is 24.0. The van der Waals surface area contributed by atoms with Gasteiger partial charge in [0.15, 0.2) is 12.4 Å². The molecule has 0 aliphatic rings. The van der Waals surface area contributed by atoms with Crippen LogP contribution >= 0.6 is 0 Å². The lowest BCUT2D eigenvalue weighted by atomic mass is 10.1. The molecule has 0 aromatic heterocycles. The zero-order valence-corrected chi connectivity index (χ0v) is 9.69. The van der Waals surface area contributed by atoms with Gasteiger partial charge in [-0.1, -0.05) is 12.1 Å². The van der Waals surface area contributed by atoms with Gasteiger partial charge in [0, 0.05) is 14.1 Å². The van der Waals surface area contributed by atoms with Crippen LogP contribution in [-0.4, -0.2) is 37.3 Å². The number of rotatable bonds is 4. The van der Waals surface area contributed by atoms with Crippen LogP contribution in [0, 0.1) is 0 Å². The van der Waals surface area contributed by atoms with Crippen LogP contribution in [0.25, 0.3) is 0 Å². The molecule has 1 aromatic carbocycles. The fourth-order valence-electron chi connectivity index (χ4n) is 1.15. The topological polar surface area (TPSA) is 46.6 Å². The Kier molecular flexibility index (Phi) is 4.05. The van der Waals surface area contributed by atoms with Gasteiger partial charge in [0.1, 0.15) is 5.75 Å². The second-order valence-electron chi connectivity index (χ2n) is 3.63. The standard InChI is InChI=1S/C12H15NO3/c1-9(14)10-6-4-5-7-11(10)16-8-12(15)13(2)3/h4-7H,8H2,1-3H3. The monoisotopic (exact) mass is 221 g/mol. The number of Topliss-reactive ketones (excluding diaryl/α,β-unsaturated/α-hetero) is 1. The highest BCUT2D eigenvalue weighted by Gasteiger charge is 2.10. The van der Waals surface area contributed by atoms with Crippen molar-refractivity contribution in [1.82, 2.24) is 4.90 Å². The molecule has 1 amide bonds. The van der Waals surface area contributed by atoms with Crippen molar-refractivity contribution in [3.05, 3.63) is 29.8 Å².